The summed E-state index contributed by atoms with van der Waals surface area (Å²) in [4.78, 5) is 5.12. The van der Waals surface area contributed by atoms with E-state index in [9.17, 15) is 0 Å². The fraction of sp³-hybridized carbons (Fsp3) is 0.375. The molecule has 1 saturated carbocycles. The molecule has 2 heterocycles. The number of nitrogens with zero attached hydrogens (tertiary/aromatic N) is 2. The predicted octanol–water partition coefficient (Wildman–Crippen LogP) is 6.05. The van der Waals surface area contributed by atoms with Crippen molar-refractivity contribution in [3.8, 4) is 17.2 Å². The van der Waals surface area contributed by atoms with Crippen LogP contribution < -0.4 is 10.1 Å². The monoisotopic (exact) mass is 407 g/mol. The maximum Gasteiger partial charge on any atom is 0.127 e. The standard InChI is InChI=1S/C24H26ClN3O/c25-19-4-8-21(9-5-19)29-22-10-6-20(7-11-22)28-16-23(17-12-14-26-15-13-17)27-24(28)18-2-1-3-18/h4-11,16-18,26H,1-3,12-15H2. The number of halogens is 1. The van der Waals surface area contributed by atoms with Gasteiger partial charge < -0.3 is 14.6 Å². The molecule has 1 aromatic heterocycles. The molecule has 150 valence electrons. The molecule has 0 radical (unpaired) electrons. The van der Waals surface area contributed by atoms with Crippen molar-refractivity contribution < 1.29 is 4.74 Å². The Hall–Kier alpha value is -2.30. The van der Waals surface area contributed by atoms with Crippen molar-refractivity contribution in [2.24, 2.45) is 0 Å². The Morgan fingerprint density at radius 2 is 1.52 bits per heavy atom. The van der Waals surface area contributed by atoms with Crippen molar-refractivity contribution in [3.63, 3.8) is 0 Å². The first-order chi connectivity index (χ1) is 14.3. The molecule has 0 spiro atoms. The maximum absolute atomic E-state index is 5.95. The van der Waals surface area contributed by atoms with E-state index in [1.165, 1.54) is 43.6 Å². The van der Waals surface area contributed by atoms with Crippen LogP contribution in [0.15, 0.2) is 54.7 Å². The second kappa shape index (κ2) is 8.21. The van der Waals surface area contributed by atoms with Gasteiger partial charge in [-0.25, -0.2) is 4.98 Å². The van der Waals surface area contributed by atoms with Crippen LogP contribution in [0.25, 0.3) is 5.69 Å². The fourth-order valence-electron chi connectivity index (χ4n) is 4.20. The van der Waals surface area contributed by atoms with Crippen molar-refractivity contribution in [3.05, 3.63) is 71.3 Å². The highest BCUT2D eigenvalue weighted by molar-refractivity contribution is 6.30. The Balaban J connectivity index is 1.40. The third kappa shape index (κ3) is 4.05. The molecule has 2 fully saturated rings. The van der Waals surface area contributed by atoms with Crippen molar-refractivity contribution in [2.45, 2.75) is 43.9 Å². The van der Waals surface area contributed by atoms with Gasteiger partial charge in [0.2, 0.25) is 0 Å². The molecule has 29 heavy (non-hydrogen) atoms. The van der Waals surface area contributed by atoms with Crippen LogP contribution in [0.4, 0.5) is 0 Å². The highest BCUT2D eigenvalue weighted by atomic mass is 35.5. The molecule has 2 aliphatic rings. The van der Waals surface area contributed by atoms with E-state index in [1.54, 1.807) is 0 Å². The Bertz CT molecular complexity index is 955. The molecule has 1 saturated heterocycles. The number of ether oxygens (including phenoxy) is 1. The minimum Gasteiger partial charge on any atom is -0.457 e. The predicted molar refractivity (Wildman–Crippen MR) is 117 cm³/mol. The number of piperidine rings is 1. The minimum atomic E-state index is 0.573. The highest BCUT2D eigenvalue weighted by Gasteiger charge is 2.27. The second-order valence-electron chi connectivity index (χ2n) is 8.10. The Labute approximate surface area is 176 Å². The SMILES string of the molecule is Clc1ccc(Oc2ccc(-n3cc(C4CCNCC4)nc3C3CCC3)cc2)cc1. The van der Waals surface area contributed by atoms with Crippen LogP contribution in [-0.2, 0) is 0 Å². The minimum absolute atomic E-state index is 0.573. The first-order valence-electron chi connectivity index (χ1n) is 10.6. The van der Waals surface area contributed by atoms with Gasteiger partial charge in [-0.1, -0.05) is 18.0 Å². The summed E-state index contributed by atoms with van der Waals surface area (Å²) >= 11 is 5.95. The van der Waals surface area contributed by atoms with E-state index >= 15 is 0 Å². The summed E-state index contributed by atoms with van der Waals surface area (Å²) < 4.78 is 8.26. The van der Waals surface area contributed by atoms with E-state index in [4.69, 9.17) is 21.3 Å². The molecule has 2 aromatic carbocycles. The Morgan fingerprint density at radius 3 is 2.14 bits per heavy atom. The quantitative estimate of drug-likeness (QED) is 0.559. The lowest BCUT2D eigenvalue weighted by Crippen LogP contribution is -2.26. The van der Waals surface area contributed by atoms with Crippen LogP contribution in [0, 0.1) is 0 Å². The van der Waals surface area contributed by atoms with Gasteiger partial charge in [0.05, 0.1) is 5.69 Å². The number of hydrogen-bond donors (Lipinski definition) is 1. The van der Waals surface area contributed by atoms with E-state index in [0.29, 0.717) is 16.9 Å². The van der Waals surface area contributed by atoms with Gasteiger partial charge >= 0.3 is 0 Å². The van der Waals surface area contributed by atoms with Crippen molar-refractivity contribution in [1.82, 2.24) is 14.9 Å². The summed E-state index contributed by atoms with van der Waals surface area (Å²) in [6.45, 7) is 2.18. The van der Waals surface area contributed by atoms with E-state index < -0.39 is 0 Å². The molecule has 0 atom stereocenters. The zero-order valence-corrected chi connectivity index (χ0v) is 17.2. The van der Waals surface area contributed by atoms with Gasteiger partial charge in [-0.05, 0) is 87.3 Å². The van der Waals surface area contributed by atoms with Gasteiger partial charge in [0.15, 0.2) is 0 Å². The van der Waals surface area contributed by atoms with E-state index in [-0.39, 0.29) is 0 Å². The number of rotatable bonds is 5. The van der Waals surface area contributed by atoms with Crippen molar-refractivity contribution >= 4 is 11.6 Å². The maximum atomic E-state index is 5.95. The Morgan fingerprint density at radius 1 is 0.862 bits per heavy atom. The molecule has 0 amide bonds. The average molecular weight is 408 g/mol. The van der Waals surface area contributed by atoms with Gasteiger partial charge in [0, 0.05) is 28.7 Å². The highest BCUT2D eigenvalue weighted by Crippen LogP contribution is 2.38. The zero-order valence-electron chi connectivity index (χ0n) is 16.5. The molecule has 5 heteroatoms. The summed E-state index contributed by atoms with van der Waals surface area (Å²) in [6.07, 6.45) is 8.44. The van der Waals surface area contributed by atoms with Crippen LogP contribution >= 0.6 is 11.6 Å². The number of imidazole rings is 1. The van der Waals surface area contributed by atoms with Crippen LogP contribution in [0.1, 0.15) is 55.5 Å². The van der Waals surface area contributed by atoms with Crippen LogP contribution in [0.2, 0.25) is 5.02 Å². The summed E-state index contributed by atoms with van der Waals surface area (Å²) in [7, 11) is 0. The van der Waals surface area contributed by atoms with E-state index in [0.717, 1.165) is 30.3 Å². The van der Waals surface area contributed by atoms with Gasteiger partial charge in [0.25, 0.3) is 0 Å². The topological polar surface area (TPSA) is 39.1 Å². The lowest BCUT2D eigenvalue weighted by atomic mass is 9.84. The molecule has 0 bridgehead atoms. The molecular formula is C24H26ClN3O. The number of benzene rings is 2. The Kier molecular flexibility index (Phi) is 5.30. The third-order valence-corrected chi connectivity index (χ3v) is 6.40. The lowest BCUT2D eigenvalue weighted by molar-refractivity contribution is 0.396. The lowest BCUT2D eigenvalue weighted by Gasteiger charge is -2.25. The number of hydrogen-bond acceptors (Lipinski definition) is 3. The molecule has 4 nitrogen and oxygen atoms in total. The third-order valence-electron chi connectivity index (χ3n) is 6.14. The summed E-state index contributed by atoms with van der Waals surface area (Å²) in [5.74, 6) is 4.00. The molecule has 3 aromatic rings. The molecule has 1 N–H and O–H groups in total. The van der Waals surface area contributed by atoms with Crippen LogP contribution in [-0.4, -0.2) is 22.6 Å². The normalized spacial score (nSPS) is 17.8. The molecule has 5 rings (SSSR count). The van der Waals surface area contributed by atoms with Gasteiger partial charge in [-0.2, -0.15) is 0 Å². The number of aromatic nitrogens is 2. The largest absolute Gasteiger partial charge is 0.457 e. The molecule has 1 aliphatic heterocycles. The van der Waals surface area contributed by atoms with Gasteiger partial charge in [-0.3, -0.25) is 0 Å². The second-order valence-corrected chi connectivity index (χ2v) is 8.53. The zero-order chi connectivity index (χ0) is 19.6. The summed E-state index contributed by atoms with van der Waals surface area (Å²) in [6, 6.07) is 15.7. The van der Waals surface area contributed by atoms with Crippen LogP contribution in [0.5, 0.6) is 11.5 Å². The first kappa shape index (κ1) is 18.7. The molecular weight excluding hydrogens is 382 g/mol. The van der Waals surface area contributed by atoms with E-state index in [2.05, 4.69) is 28.2 Å². The summed E-state index contributed by atoms with van der Waals surface area (Å²) in [5, 5.41) is 4.17. The molecule has 1 aliphatic carbocycles. The van der Waals surface area contributed by atoms with E-state index in [1.807, 2.05) is 36.4 Å². The fourth-order valence-corrected chi connectivity index (χ4v) is 4.33. The van der Waals surface area contributed by atoms with Crippen molar-refractivity contribution in [1.29, 1.82) is 0 Å². The smallest absolute Gasteiger partial charge is 0.127 e. The van der Waals surface area contributed by atoms with Gasteiger partial charge in [-0.15, -0.1) is 0 Å². The molecule has 0 unspecified atom stereocenters. The van der Waals surface area contributed by atoms with Gasteiger partial charge in [0.1, 0.15) is 17.3 Å². The van der Waals surface area contributed by atoms with Crippen molar-refractivity contribution in [2.75, 3.05) is 13.1 Å². The summed E-state index contributed by atoms with van der Waals surface area (Å²) in [5.41, 5.74) is 2.41. The number of nitrogens with one attached hydrogen (secondary N) is 1. The average Bonchev–Trinajstić information content (AvgIpc) is 3.14. The first-order valence-corrected chi connectivity index (χ1v) is 11.0. The van der Waals surface area contributed by atoms with Crippen LogP contribution in [0.3, 0.4) is 0 Å².